The smallest absolute Gasteiger partial charge is 0.408 e. The Hall–Kier alpha value is -2.83. The quantitative estimate of drug-likeness (QED) is 0.454. The number of rotatable bonds is 5. The number of esters is 1. The molecule has 1 N–H and O–H groups in total. The molecule has 1 atom stereocenters. The number of carbonyl (C=O) groups excluding carboxylic acids is 2. The molecule has 0 aliphatic rings. The van der Waals surface area contributed by atoms with Gasteiger partial charge >= 0.3 is 17.7 Å². The van der Waals surface area contributed by atoms with Crippen LogP contribution in [0.2, 0.25) is 0 Å². The molecule has 0 saturated carbocycles. The van der Waals surface area contributed by atoms with Crippen LogP contribution in [0.1, 0.15) is 57.2 Å². The molecule has 1 amide bonds. The predicted octanol–water partition coefficient (Wildman–Crippen LogP) is 4.32. The van der Waals surface area contributed by atoms with E-state index in [0.717, 1.165) is 10.9 Å². The second-order valence-electron chi connectivity index (χ2n) is 8.11. The molecule has 0 saturated heterocycles. The number of benzene rings is 1. The lowest BCUT2D eigenvalue weighted by Gasteiger charge is -2.23. The van der Waals surface area contributed by atoms with Gasteiger partial charge in [0.05, 0.1) is 0 Å². The van der Waals surface area contributed by atoms with Crippen molar-refractivity contribution in [2.45, 2.75) is 73.0 Å². The molecule has 0 spiro atoms. The summed E-state index contributed by atoms with van der Waals surface area (Å²) >= 11 is 0. The van der Waals surface area contributed by atoms with Gasteiger partial charge in [-0.15, -0.1) is 0 Å². The van der Waals surface area contributed by atoms with E-state index in [-0.39, 0.29) is 5.75 Å². The van der Waals surface area contributed by atoms with Crippen LogP contribution >= 0.6 is 0 Å². The first-order chi connectivity index (χ1) is 13.4. The minimum Gasteiger partial charge on any atom is -0.444 e. The van der Waals surface area contributed by atoms with Gasteiger partial charge in [0.2, 0.25) is 0 Å². The zero-order chi connectivity index (χ0) is 21.9. The van der Waals surface area contributed by atoms with Crippen LogP contribution in [0.3, 0.4) is 0 Å². The summed E-state index contributed by atoms with van der Waals surface area (Å²) in [5.41, 5.74) is 1.21. The minimum atomic E-state index is -0.850. The number of fused-ring (bicyclic) bond motifs is 1. The molecule has 2 rings (SSSR count). The topological polar surface area (TPSA) is 94.8 Å². The average Bonchev–Trinajstić information content (AvgIpc) is 2.60. The van der Waals surface area contributed by atoms with E-state index in [9.17, 15) is 14.4 Å². The van der Waals surface area contributed by atoms with Gasteiger partial charge in [0, 0.05) is 16.5 Å². The van der Waals surface area contributed by atoms with Gasteiger partial charge < -0.3 is 19.2 Å². The second-order valence-corrected chi connectivity index (χ2v) is 8.11. The molecule has 2 aromatic rings. The van der Waals surface area contributed by atoms with E-state index in [1.807, 2.05) is 13.8 Å². The van der Waals surface area contributed by atoms with Crippen molar-refractivity contribution >= 4 is 23.0 Å². The third-order valence-electron chi connectivity index (χ3n) is 4.59. The van der Waals surface area contributed by atoms with Crippen LogP contribution < -0.4 is 15.7 Å². The molecule has 1 aromatic heterocycles. The van der Waals surface area contributed by atoms with E-state index < -0.39 is 29.3 Å². The SMILES string of the molecule is CCC[C@H](NC(=O)OC(C)(C)C)C(=O)Oc1ccc2c(C)c(C)c(=O)oc2c1C. The lowest BCUT2D eigenvalue weighted by atomic mass is 10.0. The van der Waals surface area contributed by atoms with Crippen molar-refractivity contribution in [1.82, 2.24) is 5.32 Å². The van der Waals surface area contributed by atoms with Crippen LogP contribution in [-0.2, 0) is 9.53 Å². The van der Waals surface area contributed by atoms with Gasteiger partial charge in [-0.05, 0) is 65.7 Å². The first kappa shape index (κ1) is 22.5. The van der Waals surface area contributed by atoms with Crippen molar-refractivity contribution < 1.29 is 23.5 Å². The Morgan fingerprint density at radius 3 is 2.34 bits per heavy atom. The van der Waals surface area contributed by atoms with Crippen LogP contribution in [0.25, 0.3) is 11.0 Å². The number of hydrogen-bond donors (Lipinski definition) is 1. The number of amides is 1. The fourth-order valence-electron chi connectivity index (χ4n) is 2.90. The monoisotopic (exact) mass is 403 g/mol. The summed E-state index contributed by atoms with van der Waals surface area (Å²) in [5.74, 6) is -0.327. The highest BCUT2D eigenvalue weighted by Crippen LogP contribution is 2.29. The van der Waals surface area contributed by atoms with Crippen LogP contribution in [-0.4, -0.2) is 23.7 Å². The van der Waals surface area contributed by atoms with Crippen molar-refractivity contribution in [2.75, 3.05) is 0 Å². The summed E-state index contributed by atoms with van der Waals surface area (Å²) in [6.07, 6.45) is 0.387. The van der Waals surface area contributed by atoms with Gasteiger partial charge in [-0.3, -0.25) is 0 Å². The van der Waals surface area contributed by atoms with Crippen molar-refractivity contribution in [3.63, 3.8) is 0 Å². The maximum absolute atomic E-state index is 12.7. The molecule has 0 unspecified atom stereocenters. The van der Waals surface area contributed by atoms with E-state index >= 15 is 0 Å². The fraction of sp³-hybridized carbons (Fsp3) is 0.500. The van der Waals surface area contributed by atoms with Gasteiger partial charge in [-0.2, -0.15) is 0 Å². The second kappa shape index (κ2) is 8.68. The molecule has 0 aliphatic heterocycles. The largest absolute Gasteiger partial charge is 0.444 e. The van der Waals surface area contributed by atoms with Crippen molar-refractivity contribution in [1.29, 1.82) is 0 Å². The molecule has 1 heterocycles. The number of nitrogens with one attached hydrogen (secondary N) is 1. The van der Waals surface area contributed by atoms with E-state index in [2.05, 4.69) is 5.32 Å². The molecule has 158 valence electrons. The van der Waals surface area contributed by atoms with Crippen LogP contribution in [0, 0.1) is 20.8 Å². The standard InChI is InChI=1S/C22H29NO6/c1-8-9-16(23-21(26)29-22(5,6)7)20(25)27-17-11-10-15-12(2)13(3)19(24)28-18(15)14(17)4/h10-11,16H,8-9H2,1-7H3,(H,23,26)/t16-/m0/s1. The zero-order valence-electron chi connectivity index (χ0n) is 18.1. The first-order valence-corrected chi connectivity index (χ1v) is 9.69. The number of aryl methyl sites for hydroxylation is 2. The van der Waals surface area contributed by atoms with E-state index in [0.29, 0.717) is 29.6 Å². The molecule has 29 heavy (non-hydrogen) atoms. The average molecular weight is 403 g/mol. The third kappa shape index (κ3) is 5.37. The van der Waals surface area contributed by atoms with Gasteiger partial charge in [0.1, 0.15) is 23.0 Å². The van der Waals surface area contributed by atoms with Crippen LogP contribution in [0.4, 0.5) is 4.79 Å². The summed E-state index contributed by atoms with van der Waals surface area (Å²) in [6, 6.07) is 2.57. The fourth-order valence-corrected chi connectivity index (χ4v) is 2.90. The van der Waals surface area contributed by atoms with Crippen molar-refractivity contribution in [3.05, 3.63) is 39.2 Å². The highest BCUT2D eigenvalue weighted by molar-refractivity contribution is 5.88. The highest BCUT2D eigenvalue weighted by Gasteiger charge is 2.26. The Morgan fingerprint density at radius 2 is 1.76 bits per heavy atom. The van der Waals surface area contributed by atoms with Gasteiger partial charge in [-0.25, -0.2) is 14.4 Å². The Labute approximate surface area is 170 Å². The van der Waals surface area contributed by atoms with E-state index in [1.54, 1.807) is 46.8 Å². The summed E-state index contributed by atoms with van der Waals surface area (Å²) in [5, 5.41) is 3.36. The first-order valence-electron chi connectivity index (χ1n) is 9.69. The van der Waals surface area contributed by atoms with Crippen molar-refractivity contribution in [2.24, 2.45) is 0 Å². The molecule has 1 aromatic carbocycles. The maximum atomic E-state index is 12.7. The number of alkyl carbamates (subject to hydrolysis) is 1. The third-order valence-corrected chi connectivity index (χ3v) is 4.59. The molecule has 0 aliphatic carbocycles. The van der Waals surface area contributed by atoms with Crippen LogP contribution in [0.5, 0.6) is 5.75 Å². The molecule has 7 nitrogen and oxygen atoms in total. The lowest BCUT2D eigenvalue weighted by molar-refractivity contribution is -0.137. The molecule has 0 bridgehead atoms. The summed E-state index contributed by atoms with van der Waals surface area (Å²) in [4.78, 5) is 36.8. The molecule has 7 heteroatoms. The van der Waals surface area contributed by atoms with Gasteiger partial charge in [-0.1, -0.05) is 13.3 Å². The Bertz CT molecular complexity index is 983. The van der Waals surface area contributed by atoms with E-state index in [1.165, 1.54) is 0 Å². The Morgan fingerprint density at radius 1 is 1.10 bits per heavy atom. The Balaban J connectivity index is 2.28. The summed E-state index contributed by atoms with van der Waals surface area (Å²) < 4.78 is 16.2. The summed E-state index contributed by atoms with van der Waals surface area (Å²) in [6.45, 7) is 12.4. The van der Waals surface area contributed by atoms with E-state index in [4.69, 9.17) is 13.9 Å². The summed E-state index contributed by atoms with van der Waals surface area (Å²) in [7, 11) is 0. The zero-order valence-corrected chi connectivity index (χ0v) is 18.1. The molecular formula is C22H29NO6. The molecular weight excluding hydrogens is 374 g/mol. The number of hydrogen-bond acceptors (Lipinski definition) is 6. The molecule has 0 fully saturated rings. The predicted molar refractivity (Wildman–Crippen MR) is 110 cm³/mol. The normalized spacial score (nSPS) is 12.5. The number of carbonyl (C=O) groups is 2. The Kier molecular flexibility index (Phi) is 6.72. The minimum absolute atomic E-state index is 0.279. The number of ether oxygens (including phenoxy) is 2. The van der Waals surface area contributed by atoms with Crippen molar-refractivity contribution in [3.8, 4) is 5.75 Å². The van der Waals surface area contributed by atoms with Gasteiger partial charge in [0.25, 0.3) is 0 Å². The maximum Gasteiger partial charge on any atom is 0.408 e. The highest BCUT2D eigenvalue weighted by atomic mass is 16.6. The van der Waals surface area contributed by atoms with Crippen LogP contribution in [0.15, 0.2) is 21.3 Å². The van der Waals surface area contributed by atoms with Gasteiger partial charge in [0.15, 0.2) is 0 Å². The molecule has 0 radical (unpaired) electrons. The lowest BCUT2D eigenvalue weighted by Crippen LogP contribution is -2.45.